The van der Waals surface area contributed by atoms with E-state index in [1.807, 2.05) is 13.8 Å². The number of carbonyl (C=O) groups is 1. The number of rotatable bonds is 6. The predicted octanol–water partition coefficient (Wildman–Crippen LogP) is 1.97. The summed E-state index contributed by atoms with van der Waals surface area (Å²) in [6.07, 6.45) is 0. The largest absolute Gasteiger partial charge is 0.353 e. The molecule has 1 aromatic heterocycles. The summed E-state index contributed by atoms with van der Waals surface area (Å²) in [4.78, 5) is 28.4. The first-order valence-electron chi connectivity index (χ1n) is 6.58. The van der Waals surface area contributed by atoms with Crippen LogP contribution >= 0.6 is 0 Å². The van der Waals surface area contributed by atoms with Gasteiger partial charge < -0.3 is 10.2 Å². The molecule has 7 nitrogen and oxygen atoms in total. The summed E-state index contributed by atoms with van der Waals surface area (Å²) >= 11 is 0. The van der Waals surface area contributed by atoms with Gasteiger partial charge in [0.15, 0.2) is 0 Å². The van der Waals surface area contributed by atoms with Gasteiger partial charge in [-0.3, -0.25) is 14.9 Å². The molecule has 110 valence electrons. The van der Waals surface area contributed by atoms with E-state index in [9.17, 15) is 14.9 Å². The molecule has 1 rings (SSSR count). The summed E-state index contributed by atoms with van der Waals surface area (Å²) in [5.74, 6) is 0.0237. The number of carbonyl (C=O) groups excluding carboxylic acids is 1. The monoisotopic (exact) mass is 280 g/mol. The molecule has 0 radical (unpaired) electrons. The van der Waals surface area contributed by atoms with Gasteiger partial charge in [0.25, 0.3) is 0 Å². The number of anilines is 1. The second kappa shape index (κ2) is 6.83. The van der Waals surface area contributed by atoms with Gasteiger partial charge in [0.2, 0.25) is 11.7 Å². The van der Waals surface area contributed by atoms with Crippen LogP contribution < -0.4 is 5.32 Å². The lowest BCUT2D eigenvalue weighted by atomic mass is 10.2. The Labute approximate surface area is 118 Å². The third kappa shape index (κ3) is 3.66. The van der Waals surface area contributed by atoms with Crippen LogP contribution in [0.25, 0.3) is 0 Å². The topological polar surface area (TPSA) is 88.4 Å². The van der Waals surface area contributed by atoms with Crippen molar-refractivity contribution in [2.75, 3.05) is 18.4 Å². The number of aromatic nitrogens is 1. The lowest BCUT2D eigenvalue weighted by Crippen LogP contribution is -2.41. The third-order valence-electron chi connectivity index (χ3n) is 3.01. The normalized spacial score (nSPS) is 11.8. The fraction of sp³-hybridized carbons (Fsp3) is 0.538. The standard InChI is InChI=1S/C13H20N4O3/c1-5-16(6-2)13(18)10(4)15-12-11(17(19)20)8-7-9(3)14-12/h7-8,10H,5-6H2,1-4H3,(H,14,15). The number of likely N-dealkylation sites (N-methyl/N-ethyl adjacent to an activating group) is 1. The number of nitrogens with zero attached hydrogens (tertiary/aromatic N) is 3. The molecule has 0 spiro atoms. The van der Waals surface area contributed by atoms with Crippen molar-refractivity contribution in [3.05, 3.63) is 27.9 Å². The zero-order chi connectivity index (χ0) is 15.3. The molecule has 1 heterocycles. The van der Waals surface area contributed by atoms with Gasteiger partial charge in [-0.15, -0.1) is 0 Å². The number of hydrogen-bond acceptors (Lipinski definition) is 5. The third-order valence-corrected chi connectivity index (χ3v) is 3.01. The van der Waals surface area contributed by atoms with E-state index in [2.05, 4.69) is 10.3 Å². The van der Waals surface area contributed by atoms with E-state index < -0.39 is 11.0 Å². The highest BCUT2D eigenvalue weighted by Gasteiger charge is 2.22. The van der Waals surface area contributed by atoms with Gasteiger partial charge >= 0.3 is 5.69 Å². The number of aryl methyl sites for hydroxylation is 1. The van der Waals surface area contributed by atoms with Crippen molar-refractivity contribution in [2.24, 2.45) is 0 Å². The average molecular weight is 280 g/mol. The SMILES string of the molecule is CCN(CC)C(=O)C(C)Nc1nc(C)ccc1[N+](=O)[O-]. The molecule has 0 aliphatic heterocycles. The maximum Gasteiger partial charge on any atom is 0.311 e. The Morgan fingerprint density at radius 2 is 2.05 bits per heavy atom. The van der Waals surface area contributed by atoms with E-state index in [1.165, 1.54) is 6.07 Å². The number of nitrogens with one attached hydrogen (secondary N) is 1. The van der Waals surface area contributed by atoms with Crippen LogP contribution in [-0.2, 0) is 4.79 Å². The van der Waals surface area contributed by atoms with Crippen LogP contribution in [0.1, 0.15) is 26.5 Å². The number of pyridine rings is 1. The molecule has 0 saturated carbocycles. The Morgan fingerprint density at radius 1 is 1.45 bits per heavy atom. The molecule has 1 unspecified atom stereocenters. The summed E-state index contributed by atoms with van der Waals surface area (Å²) < 4.78 is 0. The van der Waals surface area contributed by atoms with Crippen LogP contribution in [-0.4, -0.2) is 39.8 Å². The molecule has 0 aromatic carbocycles. The first-order valence-corrected chi connectivity index (χ1v) is 6.58. The fourth-order valence-corrected chi connectivity index (χ4v) is 1.88. The molecule has 1 aromatic rings. The number of nitro groups is 1. The minimum Gasteiger partial charge on any atom is -0.353 e. The Balaban J connectivity index is 2.95. The van der Waals surface area contributed by atoms with Crippen molar-refractivity contribution < 1.29 is 9.72 Å². The van der Waals surface area contributed by atoms with Crippen LogP contribution in [0.5, 0.6) is 0 Å². The quantitative estimate of drug-likeness (QED) is 0.635. The molecule has 1 amide bonds. The molecular formula is C13H20N4O3. The second-order valence-corrected chi connectivity index (χ2v) is 4.45. The lowest BCUT2D eigenvalue weighted by molar-refractivity contribution is -0.384. The van der Waals surface area contributed by atoms with Crippen LogP contribution in [0.15, 0.2) is 12.1 Å². The van der Waals surface area contributed by atoms with E-state index in [0.29, 0.717) is 18.8 Å². The predicted molar refractivity (Wildman–Crippen MR) is 76.6 cm³/mol. The first-order chi connectivity index (χ1) is 9.40. The molecule has 20 heavy (non-hydrogen) atoms. The van der Waals surface area contributed by atoms with E-state index >= 15 is 0 Å². The van der Waals surface area contributed by atoms with Crippen molar-refractivity contribution in [3.63, 3.8) is 0 Å². The summed E-state index contributed by atoms with van der Waals surface area (Å²) in [5, 5.41) is 13.8. The smallest absolute Gasteiger partial charge is 0.311 e. The first kappa shape index (κ1) is 15.9. The maximum atomic E-state index is 12.1. The molecule has 0 fully saturated rings. The van der Waals surface area contributed by atoms with Gasteiger partial charge in [-0.05, 0) is 33.8 Å². The molecular weight excluding hydrogens is 260 g/mol. The zero-order valence-corrected chi connectivity index (χ0v) is 12.2. The average Bonchev–Trinajstić information content (AvgIpc) is 2.39. The highest BCUT2D eigenvalue weighted by Crippen LogP contribution is 2.22. The van der Waals surface area contributed by atoms with Gasteiger partial charge in [-0.2, -0.15) is 0 Å². The van der Waals surface area contributed by atoms with Gasteiger partial charge in [0.1, 0.15) is 6.04 Å². The van der Waals surface area contributed by atoms with Crippen molar-refractivity contribution in [1.82, 2.24) is 9.88 Å². The van der Waals surface area contributed by atoms with Crippen LogP contribution in [0.4, 0.5) is 11.5 Å². The van der Waals surface area contributed by atoms with E-state index in [-0.39, 0.29) is 17.4 Å². The molecule has 1 N–H and O–H groups in total. The van der Waals surface area contributed by atoms with E-state index in [4.69, 9.17) is 0 Å². The molecule has 0 bridgehead atoms. The van der Waals surface area contributed by atoms with Gasteiger partial charge in [0, 0.05) is 24.8 Å². The molecule has 0 saturated heterocycles. The second-order valence-electron chi connectivity index (χ2n) is 4.45. The Bertz CT molecular complexity index is 500. The van der Waals surface area contributed by atoms with Crippen LogP contribution in [0.2, 0.25) is 0 Å². The zero-order valence-electron chi connectivity index (χ0n) is 12.2. The van der Waals surface area contributed by atoms with Crippen LogP contribution in [0, 0.1) is 17.0 Å². The lowest BCUT2D eigenvalue weighted by Gasteiger charge is -2.23. The summed E-state index contributed by atoms with van der Waals surface area (Å²) in [6, 6.07) is 2.39. The number of hydrogen-bond donors (Lipinski definition) is 1. The molecule has 1 atom stereocenters. The minimum absolute atomic E-state index is 0.104. The summed E-state index contributed by atoms with van der Waals surface area (Å²) in [5.41, 5.74) is 0.524. The fourth-order valence-electron chi connectivity index (χ4n) is 1.88. The van der Waals surface area contributed by atoms with Crippen molar-refractivity contribution in [2.45, 2.75) is 33.7 Å². The van der Waals surface area contributed by atoms with Gasteiger partial charge in [0.05, 0.1) is 4.92 Å². The number of amides is 1. The highest BCUT2D eigenvalue weighted by molar-refractivity contribution is 5.84. The highest BCUT2D eigenvalue weighted by atomic mass is 16.6. The van der Waals surface area contributed by atoms with Crippen molar-refractivity contribution in [3.8, 4) is 0 Å². The Kier molecular flexibility index (Phi) is 5.42. The van der Waals surface area contributed by atoms with Gasteiger partial charge in [-0.1, -0.05) is 0 Å². The van der Waals surface area contributed by atoms with Crippen molar-refractivity contribution >= 4 is 17.4 Å². The van der Waals surface area contributed by atoms with Gasteiger partial charge in [-0.25, -0.2) is 4.98 Å². The van der Waals surface area contributed by atoms with E-state index in [0.717, 1.165) is 0 Å². The summed E-state index contributed by atoms with van der Waals surface area (Å²) in [6.45, 7) is 8.40. The molecule has 7 heteroatoms. The Hall–Kier alpha value is -2.18. The van der Waals surface area contributed by atoms with Crippen LogP contribution in [0.3, 0.4) is 0 Å². The van der Waals surface area contributed by atoms with E-state index in [1.54, 1.807) is 24.8 Å². The summed E-state index contributed by atoms with van der Waals surface area (Å²) in [7, 11) is 0. The minimum atomic E-state index is -0.567. The molecule has 0 aliphatic rings. The molecule has 0 aliphatic carbocycles. The van der Waals surface area contributed by atoms with Crippen molar-refractivity contribution in [1.29, 1.82) is 0 Å². The maximum absolute atomic E-state index is 12.1. The Morgan fingerprint density at radius 3 is 2.55 bits per heavy atom.